The lowest BCUT2D eigenvalue weighted by atomic mass is 10.0. The van der Waals surface area contributed by atoms with E-state index in [1.165, 1.54) is 36.4 Å². The summed E-state index contributed by atoms with van der Waals surface area (Å²) in [6.45, 7) is 0. The van der Waals surface area contributed by atoms with E-state index in [-0.39, 0.29) is 11.6 Å². The minimum atomic E-state index is -4.75. The lowest BCUT2D eigenvalue weighted by Crippen LogP contribution is -2.17. The van der Waals surface area contributed by atoms with Crippen molar-refractivity contribution in [2.24, 2.45) is 0 Å². The molecule has 0 N–H and O–H groups in total. The lowest BCUT2D eigenvalue weighted by molar-refractivity contribution is -0.274. The fourth-order valence-electron chi connectivity index (χ4n) is 1.82. The molecule has 2 aromatic rings. The van der Waals surface area contributed by atoms with Gasteiger partial charge in [-0.3, -0.25) is 0 Å². The summed E-state index contributed by atoms with van der Waals surface area (Å²) >= 11 is 5.72. The van der Waals surface area contributed by atoms with Crippen molar-refractivity contribution < 1.29 is 22.3 Å². The first-order valence-electron chi connectivity index (χ1n) is 5.59. The van der Waals surface area contributed by atoms with Crippen molar-refractivity contribution in [3.8, 4) is 16.9 Å². The van der Waals surface area contributed by atoms with Crippen molar-refractivity contribution >= 4 is 11.6 Å². The Bertz CT molecular complexity index is 610. The van der Waals surface area contributed by atoms with Crippen LogP contribution in [0.15, 0.2) is 42.5 Å². The van der Waals surface area contributed by atoms with Gasteiger partial charge in [-0.2, -0.15) is 0 Å². The van der Waals surface area contributed by atoms with Crippen LogP contribution in [0.4, 0.5) is 17.6 Å². The van der Waals surface area contributed by atoms with Crippen LogP contribution in [0.1, 0.15) is 5.56 Å². The second-order valence-corrected chi connectivity index (χ2v) is 4.28. The molecule has 0 radical (unpaired) electrons. The lowest BCUT2D eigenvalue weighted by Gasteiger charge is -2.12. The van der Waals surface area contributed by atoms with E-state index in [4.69, 9.17) is 11.6 Å². The van der Waals surface area contributed by atoms with E-state index in [9.17, 15) is 17.6 Å². The molecule has 0 aromatic heterocycles. The van der Waals surface area contributed by atoms with Crippen LogP contribution in [0, 0.1) is 5.82 Å². The van der Waals surface area contributed by atoms with Crippen LogP contribution in [0.2, 0.25) is 0 Å². The molecule has 1 nitrogen and oxygen atoms in total. The van der Waals surface area contributed by atoms with Crippen molar-refractivity contribution in [3.63, 3.8) is 0 Å². The van der Waals surface area contributed by atoms with Gasteiger partial charge in [0.1, 0.15) is 11.6 Å². The first kappa shape index (κ1) is 14.7. The molecule has 2 aromatic carbocycles. The van der Waals surface area contributed by atoms with Gasteiger partial charge in [0.15, 0.2) is 0 Å². The van der Waals surface area contributed by atoms with Crippen LogP contribution in [0.25, 0.3) is 11.1 Å². The van der Waals surface area contributed by atoms with Gasteiger partial charge in [-0.15, -0.1) is 24.8 Å². The van der Waals surface area contributed by atoms with E-state index in [1.807, 2.05) is 0 Å². The van der Waals surface area contributed by atoms with Crippen LogP contribution in [-0.4, -0.2) is 6.36 Å². The molecule has 0 fully saturated rings. The Balaban J connectivity index is 2.41. The van der Waals surface area contributed by atoms with Gasteiger partial charge in [-0.1, -0.05) is 18.2 Å². The highest BCUT2D eigenvalue weighted by molar-refractivity contribution is 6.17. The average Bonchev–Trinajstić information content (AvgIpc) is 2.36. The fourth-order valence-corrected chi connectivity index (χ4v) is 2.04. The molecular formula is C14H9ClF4O. The molecule has 0 spiro atoms. The number of hydrogen-bond acceptors (Lipinski definition) is 1. The number of alkyl halides is 4. The molecule has 0 atom stereocenters. The molecule has 0 heterocycles. The molecule has 0 amide bonds. The summed E-state index contributed by atoms with van der Waals surface area (Å²) in [7, 11) is 0. The summed E-state index contributed by atoms with van der Waals surface area (Å²) in [4.78, 5) is 0. The maximum Gasteiger partial charge on any atom is 0.573 e. The predicted octanol–water partition coefficient (Wildman–Crippen LogP) is 5.13. The highest BCUT2D eigenvalue weighted by atomic mass is 35.5. The number of ether oxygens (including phenoxy) is 1. The highest BCUT2D eigenvalue weighted by Gasteiger charge is 2.31. The van der Waals surface area contributed by atoms with E-state index < -0.39 is 12.2 Å². The summed E-state index contributed by atoms with van der Waals surface area (Å²) in [5, 5.41) is 0. The maximum absolute atomic E-state index is 13.1. The van der Waals surface area contributed by atoms with Crippen molar-refractivity contribution in [3.05, 3.63) is 53.8 Å². The topological polar surface area (TPSA) is 9.23 Å². The van der Waals surface area contributed by atoms with Crippen molar-refractivity contribution in [2.75, 3.05) is 0 Å². The second-order valence-electron chi connectivity index (χ2n) is 4.01. The smallest absolute Gasteiger partial charge is 0.406 e. The van der Waals surface area contributed by atoms with Gasteiger partial charge in [-0.05, 0) is 41.0 Å². The van der Waals surface area contributed by atoms with E-state index in [2.05, 4.69) is 4.74 Å². The third-order valence-electron chi connectivity index (χ3n) is 2.59. The van der Waals surface area contributed by atoms with Crippen LogP contribution in [0.3, 0.4) is 0 Å². The number of benzene rings is 2. The second kappa shape index (κ2) is 5.71. The summed E-state index contributed by atoms with van der Waals surface area (Å²) in [5.41, 5.74) is 1.53. The molecule has 106 valence electrons. The van der Waals surface area contributed by atoms with Crippen molar-refractivity contribution in [1.82, 2.24) is 0 Å². The Morgan fingerprint density at radius 1 is 1.05 bits per heavy atom. The molecule has 0 unspecified atom stereocenters. The van der Waals surface area contributed by atoms with Gasteiger partial charge in [-0.25, -0.2) is 4.39 Å². The van der Waals surface area contributed by atoms with E-state index in [1.54, 1.807) is 6.07 Å². The van der Waals surface area contributed by atoms with Gasteiger partial charge in [0, 0.05) is 5.88 Å². The first-order chi connectivity index (χ1) is 9.39. The minimum absolute atomic E-state index is 0.0530. The van der Waals surface area contributed by atoms with Gasteiger partial charge < -0.3 is 4.74 Å². The van der Waals surface area contributed by atoms with Gasteiger partial charge in [0.05, 0.1) is 0 Å². The van der Waals surface area contributed by atoms with Crippen LogP contribution < -0.4 is 4.74 Å². The molecule has 0 bridgehead atoms. The van der Waals surface area contributed by atoms with Gasteiger partial charge in [0.25, 0.3) is 0 Å². The molecular weight excluding hydrogens is 296 g/mol. The Morgan fingerprint density at radius 3 is 2.45 bits per heavy atom. The summed E-state index contributed by atoms with van der Waals surface area (Å²) in [6, 6.07) is 9.41. The van der Waals surface area contributed by atoms with E-state index in [0.717, 1.165) is 0 Å². The number of rotatable bonds is 3. The minimum Gasteiger partial charge on any atom is -0.406 e. The van der Waals surface area contributed by atoms with Crippen molar-refractivity contribution in [1.29, 1.82) is 0 Å². The Morgan fingerprint density at radius 2 is 1.80 bits per heavy atom. The monoisotopic (exact) mass is 304 g/mol. The van der Waals surface area contributed by atoms with Crippen LogP contribution in [-0.2, 0) is 5.88 Å². The molecule has 0 saturated carbocycles. The van der Waals surface area contributed by atoms with Gasteiger partial charge >= 0.3 is 6.36 Å². The Labute approximate surface area is 117 Å². The molecule has 20 heavy (non-hydrogen) atoms. The fraction of sp³-hybridized carbons (Fsp3) is 0.143. The average molecular weight is 305 g/mol. The zero-order valence-electron chi connectivity index (χ0n) is 10.0. The molecule has 0 aliphatic carbocycles. The number of halogens is 5. The quantitative estimate of drug-likeness (QED) is 0.564. The number of hydrogen-bond donors (Lipinski definition) is 0. The van der Waals surface area contributed by atoms with Crippen molar-refractivity contribution in [2.45, 2.75) is 12.2 Å². The van der Waals surface area contributed by atoms with Crippen LogP contribution in [0.5, 0.6) is 5.75 Å². The SMILES string of the molecule is Fc1ccc(-c2cccc(OC(F)(F)F)c2)c(CCl)c1. The summed E-state index contributed by atoms with van der Waals surface area (Å²) in [6.07, 6.45) is -4.75. The maximum atomic E-state index is 13.1. The van der Waals surface area contributed by atoms with Crippen LogP contribution >= 0.6 is 11.6 Å². The molecule has 2 rings (SSSR count). The normalized spacial score (nSPS) is 11.4. The highest BCUT2D eigenvalue weighted by Crippen LogP contribution is 2.30. The summed E-state index contributed by atoms with van der Waals surface area (Å²) in [5.74, 6) is -0.732. The largest absolute Gasteiger partial charge is 0.573 e. The first-order valence-corrected chi connectivity index (χ1v) is 6.13. The molecule has 0 aliphatic heterocycles. The third kappa shape index (κ3) is 3.63. The van der Waals surface area contributed by atoms with E-state index >= 15 is 0 Å². The Hall–Kier alpha value is -1.75. The summed E-state index contributed by atoms with van der Waals surface area (Å²) < 4.78 is 53.5. The standard InChI is InChI=1S/C14H9ClF4O/c15-8-10-6-11(16)4-5-13(10)9-2-1-3-12(7-9)20-14(17,18)19/h1-7H,8H2. The predicted molar refractivity (Wildman–Crippen MR) is 68.1 cm³/mol. The zero-order chi connectivity index (χ0) is 14.8. The zero-order valence-corrected chi connectivity index (χ0v) is 10.8. The van der Waals surface area contributed by atoms with Gasteiger partial charge in [0.2, 0.25) is 0 Å². The third-order valence-corrected chi connectivity index (χ3v) is 2.88. The Kier molecular flexibility index (Phi) is 4.18. The molecule has 0 saturated heterocycles. The molecule has 6 heteroatoms. The molecule has 0 aliphatic rings. The van der Waals surface area contributed by atoms with E-state index in [0.29, 0.717) is 16.7 Å².